The van der Waals surface area contributed by atoms with Crippen LogP contribution in [-0.2, 0) is 0 Å². The Morgan fingerprint density at radius 3 is 2.55 bits per heavy atom. The lowest BCUT2D eigenvalue weighted by Gasteiger charge is -2.08. The van der Waals surface area contributed by atoms with Crippen molar-refractivity contribution >= 4 is 29.0 Å². The van der Waals surface area contributed by atoms with Crippen LogP contribution in [0.4, 0.5) is 11.5 Å². The Morgan fingerprint density at radius 2 is 2.00 bits per heavy atom. The van der Waals surface area contributed by atoms with Gasteiger partial charge in [-0.15, -0.1) is 0 Å². The smallest absolute Gasteiger partial charge is 0.257 e. The molecule has 1 amide bonds. The summed E-state index contributed by atoms with van der Waals surface area (Å²) in [4.78, 5) is 16.1. The lowest BCUT2D eigenvalue weighted by atomic mass is 10.2. The van der Waals surface area contributed by atoms with Gasteiger partial charge in [0.25, 0.3) is 5.91 Å². The van der Waals surface area contributed by atoms with Gasteiger partial charge in [-0.05, 0) is 30.3 Å². The van der Waals surface area contributed by atoms with Gasteiger partial charge in [-0.25, -0.2) is 4.98 Å². The summed E-state index contributed by atoms with van der Waals surface area (Å²) >= 11 is 5.99. The Labute approximate surface area is 121 Å². The van der Waals surface area contributed by atoms with Crippen molar-refractivity contribution in [2.75, 3.05) is 24.8 Å². The Bertz CT molecular complexity index is 614. The first-order chi connectivity index (χ1) is 9.63. The molecule has 0 unspecified atom stereocenters. The Kier molecular flexibility index (Phi) is 4.42. The van der Waals surface area contributed by atoms with Crippen molar-refractivity contribution in [2.24, 2.45) is 0 Å². The lowest BCUT2D eigenvalue weighted by molar-refractivity contribution is 0.102. The van der Waals surface area contributed by atoms with Crippen LogP contribution in [0.5, 0.6) is 5.75 Å². The molecule has 0 atom stereocenters. The Morgan fingerprint density at radius 1 is 1.30 bits per heavy atom. The van der Waals surface area contributed by atoms with Crippen LogP contribution in [0.15, 0.2) is 36.5 Å². The molecule has 20 heavy (non-hydrogen) atoms. The standard InChI is InChI=1S/C14H14ClN3O2/c1-16-13-12(15)7-9(8-17-13)14(19)18-10-3-5-11(20-2)6-4-10/h3-8H,1-2H3,(H,16,17)(H,18,19). The van der Waals surface area contributed by atoms with Gasteiger partial charge in [0.15, 0.2) is 0 Å². The maximum Gasteiger partial charge on any atom is 0.257 e. The number of rotatable bonds is 4. The summed E-state index contributed by atoms with van der Waals surface area (Å²) in [5.74, 6) is 0.992. The fourth-order valence-electron chi connectivity index (χ4n) is 1.62. The summed E-state index contributed by atoms with van der Waals surface area (Å²) < 4.78 is 5.05. The number of anilines is 2. The molecule has 0 saturated heterocycles. The molecule has 0 aliphatic rings. The van der Waals surface area contributed by atoms with E-state index in [1.54, 1.807) is 44.5 Å². The van der Waals surface area contributed by atoms with E-state index in [0.717, 1.165) is 5.75 Å². The second-order valence-corrected chi connectivity index (χ2v) is 4.39. The number of nitrogens with one attached hydrogen (secondary N) is 2. The van der Waals surface area contributed by atoms with Gasteiger partial charge in [0.1, 0.15) is 11.6 Å². The number of benzene rings is 1. The van der Waals surface area contributed by atoms with Crippen molar-refractivity contribution in [3.05, 3.63) is 47.1 Å². The van der Waals surface area contributed by atoms with Gasteiger partial charge >= 0.3 is 0 Å². The van der Waals surface area contributed by atoms with Crippen LogP contribution in [-0.4, -0.2) is 25.0 Å². The van der Waals surface area contributed by atoms with Crippen LogP contribution in [0, 0.1) is 0 Å². The molecule has 2 N–H and O–H groups in total. The highest BCUT2D eigenvalue weighted by molar-refractivity contribution is 6.33. The number of carbonyl (C=O) groups is 1. The van der Waals surface area contributed by atoms with Gasteiger partial charge in [-0.2, -0.15) is 0 Å². The number of ether oxygens (including phenoxy) is 1. The van der Waals surface area contributed by atoms with Gasteiger partial charge in [-0.1, -0.05) is 11.6 Å². The number of aromatic nitrogens is 1. The number of pyridine rings is 1. The summed E-state index contributed by atoms with van der Waals surface area (Å²) in [5.41, 5.74) is 1.06. The molecular formula is C14H14ClN3O2. The van der Waals surface area contributed by atoms with Gasteiger partial charge in [-0.3, -0.25) is 4.79 Å². The van der Waals surface area contributed by atoms with Crippen LogP contribution in [0.25, 0.3) is 0 Å². The van der Waals surface area contributed by atoms with E-state index in [2.05, 4.69) is 15.6 Å². The molecule has 0 aliphatic carbocycles. The number of halogens is 1. The van der Waals surface area contributed by atoms with E-state index < -0.39 is 0 Å². The molecule has 0 fully saturated rings. The summed E-state index contributed by atoms with van der Waals surface area (Å²) in [6, 6.07) is 8.62. The van der Waals surface area contributed by atoms with Gasteiger partial charge in [0.05, 0.1) is 17.7 Å². The number of carbonyl (C=O) groups excluding carboxylic acids is 1. The molecule has 2 aromatic rings. The fraction of sp³-hybridized carbons (Fsp3) is 0.143. The van der Waals surface area contributed by atoms with Crippen molar-refractivity contribution < 1.29 is 9.53 Å². The number of hydrogen-bond acceptors (Lipinski definition) is 4. The van der Waals surface area contributed by atoms with Gasteiger partial charge < -0.3 is 15.4 Å². The largest absolute Gasteiger partial charge is 0.497 e. The third-order valence-electron chi connectivity index (χ3n) is 2.69. The predicted molar refractivity (Wildman–Crippen MR) is 79.7 cm³/mol. The zero-order valence-corrected chi connectivity index (χ0v) is 11.9. The van der Waals surface area contributed by atoms with Crippen LogP contribution in [0.2, 0.25) is 5.02 Å². The lowest BCUT2D eigenvalue weighted by Crippen LogP contribution is -2.12. The monoisotopic (exact) mass is 291 g/mol. The normalized spacial score (nSPS) is 9.95. The molecule has 0 spiro atoms. The van der Waals surface area contributed by atoms with E-state index in [-0.39, 0.29) is 5.91 Å². The zero-order valence-electron chi connectivity index (χ0n) is 11.1. The molecule has 2 rings (SSSR count). The Balaban J connectivity index is 2.12. The minimum atomic E-state index is -0.271. The molecule has 104 valence electrons. The highest BCUT2D eigenvalue weighted by Crippen LogP contribution is 2.20. The van der Waals surface area contributed by atoms with E-state index in [1.807, 2.05) is 0 Å². The Hall–Kier alpha value is -2.27. The molecule has 0 aliphatic heterocycles. The first-order valence-corrected chi connectivity index (χ1v) is 6.30. The van der Waals surface area contributed by atoms with Crippen LogP contribution >= 0.6 is 11.6 Å². The van der Waals surface area contributed by atoms with Crippen LogP contribution in [0.3, 0.4) is 0 Å². The maximum absolute atomic E-state index is 12.1. The molecule has 1 aromatic carbocycles. The predicted octanol–water partition coefficient (Wildman–Crippen LogP) is 3.04. The molecular weight excluding hydrogens is 278 g/mol. The molecule has 0 radical (unpaired) electrons. The van der Waals surface area contributed by atoms with Crippen LogP contribution in [0.1, 0.15) is 10.4 Å². The second-order valence-electron chi connectivity index (χ2n) is 3.99. The molecule has 1 heterocycles. The van der Waals surface area contributed by atoms with Crippen LogP contribution < -0.4 is 15.4 Å². The summed E-state index contributed by atoms with van der Waals surface area (Å²) in [7, 11) is 3.30. The average Bonchev–Trinajstić information content (AvgIpc) is 2.48. The van der Waals surface area contributed by atoms with Crippen molar-refractivity contribution in [3.63, 3.8) is 0 Å². The number of amides is 1. The number of methoxy groups -OCH3 is 1. The molecule has 5 nitrogen and oxygen atoms in total. The maximum atomic E-state index is 12.1. The van der Waals surface area contributed by atoms with Crippen molar-refractivity contribution in [3.8, 4) is 5.75 Å². The SMILES string of the molecule is CNc1ncc(C(=O)Nc2ccc(OC)cc2)cc1Cl. The minimum absolute atomic E-state index is 0.271. The zero-order chi connectivity index (χ0) is 14.5. The summed E-state index contributed by atoms with van der Waals surface area (Å²) in [6.07, 6.45) is 1.47. The highest BCUT2D eigenvalue weighted by Gasteiger charge is 2.09. The van der Waals surface area contributed by atoms with E-state index in [0.29, 0.717) is 22.1 Å². The first-order valence-electron chi connectivity index (χ1n) is 5.92. The molecule has 0 bridgehead atoms. The summed E-state index contributed by atoms with van der Waals surface area (Å²) in [6.45, 7) is 0. The fourth-order valence-corrected chi connectivity index (χ4v) is 1.88. The van der Waals surface area contributed by atoms with Crippen molar-refractivity contribution in [1.29, 1.82) is 0 Å². The highest BCUT2D eigenvalue weighted by atomic mass is 35.5. The van der Waals surface area contributed by atoms with Gasteiger partial charge in [0.2, 0.25) is 0 Å². The molecule has 1 aromatic heterocycles. The average molecular weight is 292 g/mol. The first kappa shape index (κ1) is 14.1. The third-order valence-corrected chi connectivity index (χ3v) is 2.98. The number of nitrogens with zero attached hydrogens (tertiary/aromatic N) is 1. The summed E-state index contributed by atoms with van der Waals surface area (Å²) in [5, 5.41) is 5.99. The minimum Gasteiger partial charge on any atom is -0.497 e. The topological polar surface area (TPSA) is 63.2 Å². The van der Waals surface area contributed by atoms with Gasteiger partial charge in [0, 0.05) is 18.9 Å². The van der Waals surface area contributed by atoms with E-state index in [9.17, 15) is 4.79 Å². The molecule has 0 saturated carbocycles. The quantitative estimate of drug-likeness (QED) is 0.909. The second kappa shape index (κ2) is 6.25. The third kappa shape index (κ3) is 3.19. The molecule has 6 heteroatoms. The number of hydrogen-bond donors (Lipinski definition) is 2. The van der Waals surface area contributed by atoms with E-state index >= 15 is 0 Å². The van der Waals surface area contributed by atoms with E-state index in [1.165, 1.54) is 6.20 Å². The van der Waals surface area contributed by atoms with Crippen molar-refractivity contribution in [1.82, 2.24) is 4.98 Å². The van der Waals surface area contributed by atoms with Crippen molar-refractivity contribution in [2.45, 2.75) is 0 Å². The van der Waals surface area contributed by atoms with E-state index in [4.69, 9.17) is 16.3 Å².